The van der Waals surface area contributed by atoms with Crippen LogP contribution in [0.4, 0.5) is 0 Å². The molecular formula is C7H6IN3S. The van der Waals surface area contributed by atoms with Crippen LogP contribution in [0, 0.1) is 3.83 Å². The van der Waals surface area contributed by atoms with Gasteiger partial charge in [0.05, 0.1) is 11.7 Å². The molecule has 0 aliphatic carbocycles. The number of hydrogen-bond acceptors (Lipinski definition) is 3. The molecule has 2 rings (SSSR count). The SMILES string of the molecule is CSc1nc(I)n2ccncc12. The van der Waals surface area contributed by atoms with Crippen LogP contribution in [-0.2, 0) is 0 Å². The molecule has 0 bridgehead atoms. The quantitative estimate of drug-likeness (QED) is 0.595. The lowest BCUT2D eigenvalue weighted by Crippen LogP contribution is -1.86. The first kappa shape index (κ1) is 8.31. The lowest BCUT2D eigenvalue weighted by atomic mass is 10.6. The van der Waals surface area contributed by atoms with Crippen molar-refractivity contribution >= 4 is 39.9 Å². The Hall–Kier alpha value is -0.300. The molecule has 0 spiro atoms. The van der Waals surface area contributed by atoms with Crippen molar-refractivity contribution in [3.05, 3.63) is 22.4 Å². The maximum absolute atomic E-state index is 4.38. The first-order valence-corrected chi connectivity index (χ1v) is 5.65. The molecule has 0 aliphatic heterocycles. The molecule has 2 heterocycles. The van der Waals surface area contributed by atoms with Crippen LogP contribution in [0.2, 0.25) is 0 Å². The number of fused-ring (bicyclic) bond motifs is 1. The summed E-state index contributed by atoms with van der Waals surface area (Å²) in [5, 5.41) is 1.03. The Morgan fingerprint density at radius 2 is 2.42 bits per heavy atom. The van der Waals surface area contributed by atoms with Crippen LogP contribution in [0.15, 0.2) is 23.6 Å². The Kier molecular flexibility index (Phi) is 2.22. The normalized spacial score (nSPS) is 10.8. The van der Waals surface area contributed by atoms with Gasteiger partial charge in [-0.2, -0.15) is 0 Å². The van der Waals surface area contributed by atoms with Crippen molar-refractivity contribution in [2.75, 3.05) is 6.26 Å². The van der Waals surface area contributed by atoms with Crippen molar-refractivity contribution in [2.24, 2.45) is 0 Å². The zero-order valence-electron chi connectivity index (χ0n) is 6.36. The third-order valence-corrected chi connectivity index (χ3v) is 3.01. The van der Waals surface area contributed by atoms with E-state index in [1.807, 2.05) is 23.1 Å². The fraction of sp³-hybridized carbons (Fsp3) is 0.143. The molecular weight excluding hydrogens is 285 g/mol. The van der Waals surface area contributed by atoms with Gasteiger partial charge in [-0.25, -0.2) is 4.98 Å². The largest absolute Gasteiger partial charge is 0.291 e. The van der Waals surface area contributed by atoms with Crippen LogP contribution < -0.4 is 0 Å². The predicted molar refractivity (Wildman–Crippen MR) is 57.5 cm³/mol. The van der Waals surface area contributed by atoms with Crippen molar-refractivity contribution in [1.29, 1.82) is 0 Å². The topological polar surface area (TPSA) is 30.2 Å². The maximum Gasteiger partial charge on any atom is 0.177 e. The number of rotatable bonds is 1. The van der Waals surface area contributed by atoms with Crippen molar-refractivity contribution in [1.82, 2.24) is 14.4 Å². The molecule has 2 aromatic heterocycles. The molecule has 0 N–H and O–H groups in total. The summed E-state index contributed by atoms with van der Waals surface area (Å²) < 4.78 is 3.01. The highest BCUT2D eigenvalue weighted by molar-refractivity contribution is 14.1. The molecule has 5 heteroatoms. The minimum absolute atomic E-state index is 0.981. The van der Waals surface area contributed by atoms with Crippen LogP contribution in [0.5, 0.6) is 0 Å². The number of imidazole rings is 1. The molecule has 2 aromatic rings. The van der Waals surface area contributed by atoms with Gasteiger partial charge in [-0.1, -0.05) is 0 Å². The Balaban J connectivity index is 2.82. The van der Waals surface area contributed by atoms with E-state index in [2.05, 4.69) is 32.6 Å². The highest BCUT2D eigenvalue weighted by Gasteiger charge is 2.06. The lowest BCUT2D eigenvalue weighted by Gasteiger charge is -1.92. The third-order valence-electron chi connectivity index (χ3n) is 1.56. The summed E-state index contributed by atoms with van der Waals surface area (Å²) in [5.41, 5.74) is 1.08. The Labute approximate surface area is 87.7 Å². The summed E-state index contributed by atoms with van der Waals surface area (Å²) in [5.74, 6) is 0. The van der Waals surface area contributed by atoms with Crippen molar-refractivity contribution in [2.45, 2.75) is 5.03 Å². The monoisotopic (exact) mass is 291 g/mol. The first-order chi connectivity index (χ1) is 5.83. The zero-order chi connectivity index (χ0) is 8.55. The lowest BCUT2D eigenvalue weighted by molar-refractivity contribution is 1.06. The van der Waals surface area contributed by atoms with Gasteiger partial charge in [0.25, 0.3) is 0 Å². The van der Waals surface area contributed by atoms with Gasteiger partial charge in [0.1, 0.15) is 5.03 Å². The number of halogens is 1. The molecule has 0 fully saturated rings. The van der Waals surface area contributed by atoms with E-state index in [4.69, 9.17) is 0 Å². The van der Waals surface area contributed by atoms with Gasteiger partial charge in [-0.15, -0.1) is 11.8 Å². The molecule has 0 aromatic carbocycles. The summed E-state index contributed by atoms with van der Waals surface area (Å²) in [7, 11) is 0. The van der Waals surface area contributed by atoms with E-state index < -0.39 is 0 Å². The summed E-state index contributed by atoms with van der Waals surface area (Å²) >= 11 is 3.86. The van der Waals surface area contributed by atoms with Gasteiger partial charge in [-0.3, -0.25) is 9.38 Å². The minimum Gasteiger partial charge on any atom is -0.291 e. The Morgan fingerprint density at radius 1 is 1.58 bits per heavy atom. The summed E-state index contributed by atoms with van der Waals surface area (Å²) in [4.78, 5) is 8.44. The van der Waals surface area contributed by atoms with E-state index in [0.29, 0.717) is 0 Å². The van der Waals surface area contributed by atoms with E-state index in [9.17, 15) is 0 Å². The average molecular weight is 291 g/mol. The van der Waals surface area contributed by atoms with E-state index in [0.717, 1.165) is 14.4 Å². The molecule has 0 saturated carbocycles. The second kappa shape index (κ2) is 3.21. The highest BCUT2D eigenvalue weighted by Crippen LogP contribution is 2.21. The van der Waals surface area contributed by atoms with Crippen LogP contribution in [-0.4, -0.2) is 20.6 Å². The van der Waals surface area contributed by atoms with Gasteiger partial charge >= 0.3 is 0 Å². The molecule has 0 amide bonds. The number of aromatic nitrogens is 3. The van der Waals surface area contributed by atoms with Crippen LogP contribution in [0.3, 0.4) is 0 Å². The molecule has 0 aliphatic rings. The minimum atomic E-state index is 0.981. The average Bonchev–Trinajstić information content (AvgIpc) is 2.44. The predicted octanol–water partition coefficient (Wildman–Crippen LogP) is 2.06. The number of hydrogen-bond donors (Lipinski definition) is 0. The van der Waals surface area contributed by atoms with E-state index in [1.165, 1.54) is 0 Å². The molecule has 0 unspecified atom stereocenters. The van der Waals surface area contributed by atoms with Crippen LogP contribution in [0.25, 0.3) is 5.52 Å². The molecule has 62 valence electrons. The number of thioether (sulfide) groups is 1. The molecule has 3 nitrogen and oxygen atoms in total. The molecule has 12 heavy (non-hydrogen) atoms. The van der Waals surface area contributed by atoms with E-state index >= 15 is 0 Å². The van der Waals surface area contributed by atoms with Crippen molar-refractivity contribution in [3.8, 4) is 0 Å². The van der Waals surface area contributed by atoms with Crippen molar-refractivity contribution in [3.63, 3.8) is 0 Å². The second-order valence-electron chi connectivity index (χ2n) is 2.22. The third kappa shape index (κ3) is 1.20. The highest BCUT2D eigenvalue weighted by atomic mass is 127. The maximum atomic E-state index is 4.38. The molecule has 0 radical (unpaired) electrons. The van der Waals surface area contributed by atoms with Gasteiger partial charge < -0.3 is 0 Å². The van der Waals surface area contributed by atoms with Gasteiger partial charge in [0.15, 0.2) is 3.83 Å². The smallest absolute Gasteiger partial charge is 0.177 e. The summed E-state index contributed by atoms with van der Waals surface area (Å²) in [6, 6.07) is 0. The fourth-order valence-electron chi connectivity index (χ4n) is 1.03. The second-order valence-corrected chi connectivity index (χ2v) is 3.98. The van der Waals surface area contributed by atoms with Gasteiger partial charge in [0.2, 0.25) is 0 Å². The fourth-order valence-corrected chi connectivity index (χ4v) is 2.39. The zero-order valence-corrected chi connectivity index (χ0v) is 9.33. The molecule has 0 saturated heterocycles. The number of nitrogens with zero attached hydrogens (tertiary/aromatic N) is 3. The van der Waals surface area contributed by atoms with Gasteiger partial charge in [0, 0.05) is 35.0 Å². The van der Waals surface area contributed by atoms with E-state index in [-0.39, 0.29) is 0 Å². The van der Waals surface area contributed by atoms with Crippen molar-refractivity contribution < 1.29 is 0 Å². The summed E-state index contributed by atoms with van der Waals surface area (Å²) in [6.45, 7) is 0. The van der Waals surface area contributed by atoms with Gasteiger partial charge in [-0.05, 0) is 6.26 Å². The molecule has 0 atom stereocenters. The Bertz CT molecular complexity index is 412. The van der Waals surface area contributed by atoms with Crippen LogP contribution >= 0.6 is 34.4 Å². The first-order valence-electron chi connectivity index (χ1n) is 3.34. The summed E-state index contributed by atoms with van der Waals surface area (Å²) in [6.07, 6.45) is 7.54. The Morgan fingerprint density at radius 3 is 3.17 bits per heavy atom. The standard InChI is InChI=1S/C7H6IN3S/c1-12-6-5-4-9-2-3-11(5)7(8)10-6/h2-4H,1H3. The van der Waals surface area contributed by atoms with E-state index in [1.54, 1.807) is 18.0 Å². The van der Waals surface area contributed by atoms with Crippen LogP contribution in [0.1, 0.15) is 0 Å².